The van der Waals surface area contributed by atoms with Crippen LogP contribution >= 0.6 is 0 Å². The molecular weight excluding hydrogens is 420 g/mol. The van der Waals surface area contributed by atoms with Crippen molar-refractivity contribution in [1.82, 2.24) is 4.90 Å². The Morgan fingerprint density at radius 2 is 1.45 bits per heavy atom. The molecule has 1 aromatic carbocycles. The minimum Gasteiger partial charge on any atom is -0.427 e. The molecule has 3 aliphatic rings. The lowest BCUT2D eigenvalue weighted by molar-refractivity contribution is -0.146. The molecule has 7 nitrogen and oxygen atoms in total. The Kier molecular flexibility index (Phi) is 7.46. The number of carbonyl (C=O) groups excluding carboxylic acids is 4. The van der Waals surface area contributed by atoms with E-state index >= 15 is 0 Å². The standard InChI is InChI=1S/C26H34N2O5/c1-18(29)33-22-15-13-21(14-16-22)28-24(30)17-23(26(28)32)27(20-11-7-2-3-8-12-20)25(31)19-9-5-4-6-10-19/h13-16,19-20,23H,2-12,17H2,1H3. The van der Waals surface area contributed by atoms with Crippen molar-refractivity contribution in [3.05, 3.63) is 24.3 Å². The minimum atomic E-state index is -0.733. The zero-order chi connectivity index (χ0) is 23.4. The van der Waals surface area contributed by atoms with Gasteiger partial charge in [-0.15, -0.1) is 0 Å². The average Bonchev–Trinajstić information content (AvgIpc) is 2.97. The van der Waals surface area contributed by atoms with Crippen molar-refractivity contribution in [3.8, 4) is 5.75 Å². The van der Waals surface area contributed by atoms with Gasteiger partial charge in [0.05, 0.1) is 12.1 Å². The lowest BCUT2D eigenvalue weighted by Gasteiger charge is -2.38. The molecule has 1 unspecified atom stereocenters. The van der Waals surface area contributed by atoms with Crippen molar-refractivity contribution in [2.24, 2.45) is 5.92 Å². The van der Waals surface area contributed by atoms with Crippen LogP contribution in [0, 0.1) is 5.92 Å². The highest BCUT2D eigenvalue weighted by Crippen LogP contribution is 2.34. The summed E-state index contributed by atoms with van der Waals surface area (Å²) in [6.07, 6.45) is 11.2. The molecule has 3 amide bonds. The monoisotopic (exact) mass is 454 g/mol. The van der Waals surface area contributed by atoms with Crippen LogP contribution in [-0.2, 0) is 19.2 Å². The van der Waals surface area contributed by atoms with Crippen LogP contribution in [0.2, 0.25) is 0 Å². The molecule has 1 saturated heterocycles. The first-order chi connectivity index (χ1) is 16.0. The van der Waals surface area contributed by atoms with E-state index in [1.807, 2.05) is 4.90 Å². The maximum atomic E-state index is 13.7. The first-order valence-corrected chi connectivity index (χ1v) is 12.4. The normalized spacial score (nSPS) is 22.8. The number of hydrogen-bond acceptors (Lipinski definition) is 5. The summed E-state index contributed by atoms with van der Waals surface area (Å²) in [5.74, 6) is -0.665. The summed E-state index contributed by atoms with van der Waals surface area (Å²) in [5.41, 5.74) is 0.439. The zero-order valence-corrected chi connectivity index (χ0v) is 19.5. The van der Waals surface area contributed by atoms with Gasteiger partial charge in [-0.2, -0.15) is 0 Å². The van der Waals surface area contributed by atoms with Crippen LogP contribution in [0.3, 0.4) is 0 Å². The van der Waals surface area contributed by atoms with Gasteiger partial charge in [0, 0.05) is 18.9 Å². The second kappa shape index (κ2) is 10.5. The number of imide groups is 1. The number of esters is 1. The third kappa shape index (κ3) is 5.28. The van der Waals surface area contributed by atoms with Gasteiger partial charge in [-0.3, -0.25) is 19.2 Å². The second-order valence-electron chi connectivity index (χ2n) is 9.60. The Morgan fingerprint density at radius 1 is 0.879 bits per heavy atom. The average molecular weight is 455 g/mol. The molecule has 33 heavy (non-hydrogen) atoms. The number of amides is 3. The first kappa shape index (κ1) is 23.5. The molecule has 1 atom stereocenters. The van der Waals surface area contributed by atoms with Crippen LogP contribution in [0.4, 0.5) is 5.69 Å². The van der Waals surface area contributed by atoms with E-state index in [0.717, 1.165) is 70.6 Å². The van der Waals surface area contributed by atoms with E-state index in [4.69, 9.17) is 4.74 Å². The fourth-order valence-electron chi connectivity index (χ4n) is 5.62. The Morgan fingerprint density at radius 3 is 2.06 bits per heavy atom. The SMILES string of the molecule is CC(=O)Oc1ccc(N2C(=O)CC(N(C(=O)C3CCCCC3)C3CCCCCC3)C2=O)cc1. The number of hydrogen-bond donors (Lipinski definition) is 0. The van der Waals surface area contributed by atoms with Crippen LogP contribution < -0.4 is 9.64 Å². The highest BCUT2D eigenvalue weighted by molar-refractivity contribution is 6.23. The van der Waals surface area contributed by atoms with Crippen molar-refractivity contribution < 1.29 is 23.9 Å². The van der Waals surface area contributed by atoms with Crippen molar-refractivity contribution in [3.63, 3.8) is 0 Å². The van der Waals surface area contributed by atoms with E-state index in [2.05, 4.69) is 0 Å². The molecule has 4 rings (SSSR count). The van der Waals surface area contributed by atoms with Gasteiger partial charge in [0.2, 0.25) is 11.8 Å². The molecule has 1 heterocycles. The molecule has 0 N–H and O–H groups in total. The predicted molar refractivity (Wildman–Crippen MR) is 124 cm³/mol. The van der Waals surface area contributed by atoms with E-state index in [0.29, 0.717) is 11.4 Å². The zero-order valence-electron chi connectivity index (χ0n) is 19.5. The van der Waals surface area contributed by atoms with Crippen LogP contribution in [0.25, 0.3) is 0 Å². The van der Waals surface area contributed by atoms with E-state index in [-0.39, 0.29) is 36.1 Å². The van der Waals surface area contributed by atoms with Crippen molar-refractivity contribution in [2.75, 3.05) is 4.90 Å². The van der Waals surface area contributed by atoms with Gasteiger partial charge in [-0.1, -0.05) is 44.9 Å². The quantitative estimate of drug-likeness (QED) is 0.285. The number of carbonyl (C=O) groups is 4. The smallest absolute Gasteiger partial charge is 0.308 e. The Balaban J connectivity index is 1.58. The summed E-state index contributed by atoms with van der Waals surface area (Å²) >= 11 is 0. The Labute approximate surface area is 195 Å². The predicted octanol–water partition coefficient (Wildman–Crippen LogP) is 4.38. The molecule has 2 aliphatic carbocycles. The Bertz CT molecular complexity index is 882. The molecule has 1 aliphatic heterocycles. The topological polar surface area (TPSA) is 84.0 Å². The summed E-state index contributed by atoms with van der Waals surface area (Å²) in [5, 5.41) is 0. The largest absolute Gasteiger partial charge is 0.427 e. The second-order valence-corrected chi connectivity index (χ2v) is 9.60. The third-order valence-electron chi connectivity index (χ3n) is 7.24. The lowest BCUT2D eigenvalue weighted by atomic mass is 9.87. The third-order valence-corrected chi connectivity index (χ3v) is 7.24. The van der Waals surface area contributed by atoms with Crippen molar-refractivity contribution >= 4 is 29.4 Å². The van der Waals surface area contributed by atoms with Crippen LogP contribution in [0.5, 0.6) is 5.75 Å². The van der Waals surface area contributed by atoms with E-state index in [1.165, 1.54) is 11.8 Å². The van der Waals surface area contributed by atoms with Gasteiger partial charge in [0.25, 0.3) is 5.91 Å². The fraction of sp³-hybridized carbons (Fsp3) is 0.615. The van der Waals surface area contributed by atoms with Gasteiger partial charge >= 0.3 is 5.97 Å². The van der Waals surface area contributed by atoms with Crippen molar-refractivity contribution in [2.45, 2.75) is 96.1 Å². The molecule has 3 fully saturated rings. The van der Waals surface area contributed by atoms with E-state index in [1.54, 1.807) is 24.3 Å². The van der Waals surface area contributed by atoms with Crippen LogP contribution in [0.1, 0.15) is 84.0 Å². The lowest BCUT2D eigenvalue weighted by Crippen LogP contribution is -2.52. The first-order valence-electron chi connectivity index (χ1n) is 12.4. The number of rotatable bonds is 5. The molecule has 0 spiro atoms. The molecule has 7 heteroatoms. The van der Waals surface area contributed by atoms with Gasteiger partial charge in [0.1, 0.15) is 11.8 Å². The Hall–Kier alpha value is -2.70. The van der Waals surface area contributed by atoms with Gasteiger partial charge in [-0.25, -0.2) is 4.90 Å². The maximum Gasteiger partial charge on any atom is 0.308 e. The number of benzene rings is 1. The molecule has 0 radical (unpaired) electrons. The van der Waals surface area contributed by atoms with Gasteiger partial charge in [0.15, 0.2) is 0 Å². The van der Waals surface area contributed by atoms with E-state index in [9.17, 15) is 19.2 Å². The molecule has 0 aromatic heterocycles. The summed E-state index contributed by atoms with van der Waals surface area (Å²) in [6, 6.07) is 5.64. The minimum absolute atomic E-state index is 0.0231. The maximum absolute atomic E-state index is 13.7. The number of nitrogens with zero attached hydrogens (tertiary/aromatic N) is 2. The number of anilines is 1. The summed E-state index contributed by atoms with van der Waals surface area (Å²) in [7, 11) is 0. The summed E-state index contributed by atoms with van der Waals surface area (Å²) < 4.78 is 5.05. The van der Waals surface area contributed by atoms with Gasteiger partial charge < -0.3 is 9.64 Å². The molecule has 178 valence electrons. The van der Waals surface area contributed by atoms with Crippen LogP contribution in [-0.4, -0.2) is 40.7 Å². The number of ether oxygens (including phenoxy) is 1. The molecule has 2 saturated carbocycles. The molecular formula is C26H34N2O5. The summed E-state index contributed by atoms with van der Waals surface area (Å²) in [4.78, 5) is 54.5. The van der Waals surface area contributed by atoms with Crippen molar-refractivity contribution in [1.29, 1.82) is 0 Å². The fourth-order valence-corrected chi connectivity index (χ4v) is 5.62. The molecule has 0 bridgehead atoms. The van der Waals surface area contributed by atoms with Crippen LogP contribution in [0.15, 0.2) is 24.3 Å². The van der Waals surface area contributed by atoms with Gasteiger partial charge in [-0.05, 0) is 49.9 Å². The highest BCUT2D eigenvalue weighted by atomic mass is 16.5. The summed E-state index contributed by atoms with van der Waals surface area (Å²) in [6.45, 7) is 1.32. The molecule has 1 aromatic rings. The van der Waals surface area contributed by atoms with E-state index < -0.39 is 12.0 Å². The highest BCUT2D eigenvalue weighted by Gasteiger charge is 2.47.